The van der Waals surface area contributed by atoms with Gasteiger partial charge in [0.15, 0.2) is 0 Å². The third-order valence-corrected chi connectivity index (χ3v) is 8.93. The van der Waals surface area contributed by atoms with Crippen molar-refractivity contribution < 1.29 is 21.2 Å². The molecule has 0 saturated heterocycles. The Morgan fingerprint density at radius 3 is 2.50 bits per heavy atom. The van der Waals surface area contributed by atoms with Crippen LogP contribution in [0.2, 0.25) is 0 Å². The molecule has 11 heteroatoms. The van der Waals surface area contributed by atoms with Crippen molar-refractivity contribution >= 4 is 42.8 Å². The van der Waals surface area contributed by atoms with Crippen LogP contribution < -0.4 is 4.72 Å². The van der Waals surface area contributed by atoms with Gasteiger partial charge in [0.2, 0.25) is 10.0 Å². The number of benzene rings is 2. The lowest BCUT2D eigenvalue weighted by atomic mass is 10.0. The molecule has 1 aromatic heterocycles. The molecule has 168 valence electrons. The van der Waals surface area contributed by atoms with Gasteiger partial charge in [0.05, 0.1) is 16.4 Å². The third-order valence-electron chi connectivity index (χ3n) is 4.95. The maximum Gasteiger partial charge on any atom is 0.279 e. The van der Waals surface area contributed by atoms with Crippen molar-refractivity contribution in [1.82, 2.24) is 4.41 Å². The standard InChI is InChI=1S/C21H20FN3O4S3/c1-2-31(26,27)24-17-6-3-5-15(13-17)19-14-20(21-7-4-12-30-21)25(23-19)32(28,29)18-10-8-16(22)9-11-18/h3-13,20,24H,2,14H2,1H3/t20-/m0/s1. The number of hydrogen-bond acceptors (Lipinski definition) is 6. The molecule has 1 atom stereocenters. The highest BCUT2D eigenvalue weighted by atomic mass is 32.2. The number of halogens is 1. The molecule has 0 fully saturated rings. The second-order valence-corrected chi connectivity index (χ2v) is 11.9. The highest BCUT2D eigenvalue weighted by molar-refractivity contribution is 7.92. The number of nitrogens with one attached hydrogen (secondary N) is 1. The third kappa shape index (κ3) is 4.54. The van der Waals surface area contributed by atoms with Gasteiger partial charge in [-0.1, -0.05) is 18.2 Å². The predicted molar refractivity (Wildman–Crippen MR) is 123 cm³/mol. The summed E-state index contributed by atoms with van der Waals surface area (Å²) in [7, 11) is -7.50. The van der Waals surface area contributed by atoms with Crippen LogP contribution in [0.15, 0.2) is 76.0 Å². The van der Waals surface area contributed by atoms with Crippen molar-refractivity contribution in [2.75, 3.05) is 10.5 Å². The number of hydrogen-bond donors (Lipinski definition) is 1. The second-order valence-electron chi connectivity index (χ2n) is 7.10. The lowest BCUT2D eigenvalue weighted by molar-refractivity contribution is 0.375. The van der Waals surface area contributed by atoms with Crippen LogP contribution in [0.5, 0.6) is 0 Å². The molecule has 1 aliphatic rings. The molecule has 2 aromatic carbocycles. The van der Waals surface area contributed by atoms with Gasteiger partial charge in [0.25, 0.3) is 10.0 Å². The highest BCUT2D eigenvalue weighted by Crippen LogP contribution is 2.39. The maximum absolute atomic E-state index is 13.3. The normalized spacial score (nSPS) is 16.8. The molecule has 0 amide bonds. The molecule has 2 heterocycles. The van der Waals surface area contributed by atoms with Gasteiger partial charge in [0, 0.05) is 17.0 Å². The molecule has 0 spiro atoms. The Hall–Kier alpha value is -2.76. The van der Waals surface area contributed by atoms with E-state index in [1.807, 2.05) is 17.5 Å². The van der Waals surface area contributed by atoms with E-state index >= 15 is 0 Å². The minimum Gasteiger partial charge on any atom is -0.284 e. The fraction of sp³-hybridized carbons (Fsp3) is 0.190. The number of nitrogens with zero attached hydrogens (tertiary/aromatic N) is 2. The zero-order valence-corrected chi connectivity index (χ0v) is 19.4. The van der Waals surface area contributed by atoms with Gasteiger partial charge >= 0.3 is 0 Å². The molecule has 0 saturated carbocycles. The fourth-order valence-corrected chi connectivity index (χ4v) is 6.24. The van der Waals surface area contributed by atoms with Gasteiger partial charge in [-0.15, -0.1) is 11.3 Å². The number of sulfonamides is 2. The van der Waals surface area contributed by atoms with Crippen LogP contribution in [0.25, 0.3) is 0 Å². The van der Waals surface area contributed by atoms with E-state index in [9.17, 15) is 21.2 Å². The average molecular weight is 494 g/mol. The Labute approximate surface area is 190 Å². The van der Waals surface area contributed by atoms with E-state index in [1.54, 1.807) is 24.3 Å². The summed E-state index contributed by atoms with van der Waals surface area (Å²) in [5.41, 5.74) is 1.49. The summed E-state index contributed by atoms with van der Waals surface area (Å²) in [4.78, 5) is 0.757. The summed E-state index contributed by atoms with van der Waals surface area (Å²) in [6, 6.07) is 14.4. The van der Waals surface area contributed by atoms with Crippen LogP contribution in [-0.2, 0) is 20.0 Å². The lowest BCUT2D eigenvalue weighted by Gasteiger charge is -2.22. The Balaban J connectivity index is 1.74. The van der Waals surface area contributed by atoms with Crippen molar-refractivity contribution in [3.05, 3.63) is 82.3 Å². The number of rotatable bonds is 7. The fourth-order valence-electron chi connectivity index (χ4n) is 3.31. The second kappa shape index (κ2) is 8.64. The van der Waals surface area contributed by atoms with Crippen LogP contribution in [-0.4, -0.2) is 32.7 Å². The van der Waals surface area contributed by atoms with E-state index < -0.39 is 31.9 Å². The van der Waals surface area contributed by atoms with Crippen molar-refractivity contribution in [1.29, 1.82) is 0 Å². The largest absolute Gasteiger partial charge is 0.284 e. The molecule has 7 nitrogen and oxygen atoms in total. The zero-order chi connectivity index (χ0) is 22.9. The summed E-state index contributed by atoms with van der Waals surface area (Å²) >= 11 is 1.42. The molecule has 4 rings (SSSR count). The first-order valence-corrected chi connectivity index (χ1v) is 13.7. The van der Waals surface area contributed by atoms with Crippen molar-refractivity contribution in [3.8, 4) is 0 Å². The lowest BCUT2D eigenvalue weighted by Crippen LogP contribution is -2.26. The molecule has 0 unspecified atom stereocenters. The van der Waals surface area contributed by atoms with Crippen LogP contribution >= 0.6 is 11.3 Å². The quantitative estimate of drug-likeness (QED) is 0.534. The summed E-state index contributed by atoms with van der Waals surface area (Å²) < 4.78 is 67.4. The number of thiophene rings is 1. The Bertz CT molecular complexity index is 1350. The molecular formula is C21H20FN3O4S3. The van der Waals surface area contributed by atoms with Crippen LogP contribution in [0, 0.1) is 5.82 Å². The first-order valence-electron chi connectivity index (χ1n) is 9.71. The Morgan fingerprint density at radius 1 is 1.09 bits per heavy atom. The van der Waals surface area contributed by atoms with E-state index in [0.29, 0.717) is 23.4 Å². The summed E-state index contributed by atoms with van der Waals surface area (Å²) in [6.07, 6.45) is 0.310. The molecule has 32 heavy (non-hydrogen) atoms. The van der Waals surface area contributed by atoms with Crippen LogP contribution in [0.1, 0.15) is 29.8 Å². The van der Waals surface area contributed by atoms with Crippen molar-refractivity contribution in [2.45, 2.75) is 24.3 Å². The van der Waals surface area contributed by atoms with Crippen molar-refractivity contribution in [3.63, 3.8) is 0 Å². The first kappa shape index (κ1) is 22.4. The van der Waals surface area contributed by atoms with Crippen LogP contribution in [0.3, 0.4) is 0 Å². The molecule has 0 radical (unpaired) electrons. The molecule has 0 bridgehead atoms. The first-order chi connectivity index (χ1) is 15.2. The average Bonchev–Trinajstić information content (AvgIpc) is 3.44. The van der Waals surface area contributed by atoms with Gasteiger partial charge < -0.3 is 0 Å². The molecular weight excluding hydrogens is 473 g/mol. The van der Waals surface area contributed by atoms with E-state index in [4.69, 9.17) is 0 Å². The molecule has 1 N–H and O–H groups in total. The van der Waals surface area contributed by atoms with Gasteiger partial charge in [-0.2, -0.15) is 17.9 Å². The minimum atomic E-state index is -4.04. The molecule has 3 aromatic rings. The zero-order valence-electron chi connectivity index (χ0n) is 17.0. The summed E-state index contributed by atoms with van der Waals surface area (Å²) in [5, 5.41) is 6.28. The molecule has 1 aliphatic heterocycles. The smallest absolute Gasteiger partial charge is 0.279 e. The van der Waals surface area contributed by atoms with Gasteiger partial charge in [-0.05, 0) is 60.3 Å². The topological polar surface area (TPSA) is 95.9 Å². The predicted octanol–water partition coefficient (Wildman–Crippen LogP) is 4.19. The minimum absolute atomic E-state index is 0.0603. The van der Waals surface area contributed by atoms with Crippen molar-refractivity contribution in [2.24, 2.45) is 5.10 Å². The summed E-state index contributed by atoms with van der Waals surface area (Å²) in [5.74, 6) is -0.599. The monoisotopic (exact) mass is 493 g/mol. The Morgan fingerprint density at radius 2 is 1.84 bits per heavy atom. The SMILES string of the molecule is CCS(=O)(=O)Nc1cccc(C2=NN(S(=O)(=O)c3ccc(F)cc3)[C@H](c3cccs3)C2)c1. The summed E-state index contributed by atoms with van der Waals surface area (Å²) in [6.45, 7) is 1.54. The Kier molecular flexibility index (Phi) is 6.06. The van der Waals surface area contributed by atoms with Gasteiger partial charge in [-0.25, -0.2) is 12.8 Å². The van der Waals surface area contributed by atoms with E-state index in [2.05, 4.69) is 9.82 Å². The maximum atomic E-state index is 13.3. The highest BCUT2D eigenvalue weighted by Gasteiger charge is 2.38. The number of anilines is 1. The van der Waals surface area contributed by atoms with Gasteiger partial charge in [-0.3, -0.25) is 4.72 Å². The van der Waals surface area contributed by atoms with Crippen LogP contribution in [0.4, 0.5) is 10.1 Å². The van der Waals surface area contributed by atoms with E-state index in [0.717, 1.165) is 21.4 Å². The number of hydrazone groups is 1. The van der Waals surface area contributed by atoms with E-state index in [1.165, 1.54) is 30.4 Å². The molecule has 0 aliphatic carbocycles. The van der Waals surface area contributed by atoms with E-state index in [-0.39, 0.29) is 10.6 Å². The van der Waals surface area contributed by atoms with Gasteiger partial charge in [0.1, 0.15) is 11.9 Å².